The summed E-state index contributed by atoms with van der Waals surface area (Å²) in [6.07, 6.45) is 8.30. The zero-order valence-electron chi connectivity index (χ0n) is 16.8. The van der Waals surface area contributed by atoms with Crippen LogP contribution in [-0.4, -0.2) is 60.7 Å². The van der Waals surface area contributed by atoms with Crippen molar-refractivity contribution in [1.29, 1.82) is 0 Å². The van der Waals surface area contributed by atoms with Crippen LogP contribution in [0.3, 0.4) is 0 Å². The lowest BCUT2D eigenvalue weighted by Gasteiger charge is -2.35. The minimum absolute atomic E-state index is 0.0599. The first-order chi connectivity index (χ1) is 14.7. The van der Waals surface area contributed by atoms with E-state index in [9.17, 15) is 9.90 Å². The van der Waals surface area contributed by atoms with Crippen LogP contribution in [0, 0.1) is 11.8 Å². The fourth-order valence-electron chi connectivity index (χ4n) is 4.92. The number of aliphatic hydroxyl groups excluding tert-OH is 1. The van der Waals surface area contributed by atoms with Crippen LogP contribution < -0.4 is 5.32 Å². The molecule has 1 aliphatic heterocycles. The number of benzene rings is 1. The molecule has 1 saturated heterocycles. The SMILES string of the molecule is O=C(CCn1cnc2ccccc21)N1C[C@H]2C[C@@H](Nc3cnccn3)[C@H](O)C[C@H]2C1. The molecule has 2 aliphatic rings. The van der Waals surface area contributed by atoms with Crippen molar-refractivity contribution >= 4 is 22.8 Å². The molecule has 8 nitrogen and oxygen atoms in total. The predicted molar refractivity (Wildman–Crippen MR) is 113 cm³/mol. The lowest BCUT2D eigenvalue weighted by Crippen LogP contribution is -2.43. The third-order valence-corrected chi connectivity index (χ3v) is 6.48. The Kier molecular flexibility index (Phi) is 5.08. The fraction of sp³-hybridized carbons (Fsp3) is 0.455. The molecule has 2 N–H and O–H groups in total. The summed E-state index contributed by atoms with van der Waals surface area (Å²) in [5, 5.41) is 13.9. The van der Waals surface area contributed by atoms with Crippen molar-refractivity contribution in [2.45, 2.75) is 38.0 Å². The van der Waals surface area contributed by atoms with Gasteiger partial charge in [-0.25, -0.2) is 9.97 Å². The lowest BCUT2D eigenvalue weighted by atomic mass is 9.77. The second-order valence-corrected chi connectivity index (χ2v) is 8.38. The topological polar surface area (TPSA) is 96.2 Å². The summed E-state index contributed by atoms with van der Waals surface area (Å²) in [6, 6.07) is 7.91. The minimum Gasteiger partial charge on any atom is -0.391 e. The van der Waals surface area contributed by atoms with E-state index in [1.165, 1.54) is 0 Å². The third-order valence-electron chi connectivity index (χ3n) is 6.48. The van der Waals surface area contributed by atoms with E-state index in [4.69, 9.17) is 0 Å². The number of amides is 1. The van der Waals surface area contributed by atoms with E-state index in [1.807, 2.05) is 33.7 Å². The van der Waals surface area contributed by atoms with E-state index >= 15 is 0 Å². The average Bonchev–Trinajstić information content (AvgIpc) is 3.37. The molecule has 2 aromatic heterocycles. The predicted octanol–water partition coefficient (Wildman–Crippen LogP) is 1.93. The van der Waals surface area contributed by atoms with Crippen LogP contribution in [-0.2, 0) is 11.3 Å². The number of nitrogens with zero attached hydrogens (tertiary/aromatic N) is 5. The molecule has 156 valence electrons. The Morgan fingerprint density at radius 1 is 1.13 bits per heavy atom. The van der Waals surface area contributed by atoms with Crippen LogP contribution in [0.25, 0.3) is 11.0 Å². The number of para-hydroxylation sites is 2. The molecule has 4 atom stereocenters. The van der Waals surface area contributed by atoms with Crippen molar-refractivity contribution in [2.75, 3.05) is 18.4 Å². The minimum atomic E-state index is -0.444. The molecule has 3 heterocycles. The lowest BCUT2D eigenvalue weighted by molar-refractivity contribution is -0.130. The standard InChI is InChI=1S/C22H26N6O2/c29-20-10-16-13-28(12-15(16)9-18(20)26-21-11-23-6-7-24-21)22(30)5-8-27-14-25-17-3-1-2-4-19(17)27/h1-4,6-7,11,14-16,18,20,29H,5,8-10,12-13H2,(H,24,26)/t15-,16+,18-,20-/m1/s1. The Balaban J connectivity index is 1.18. The first-order valence-corrected chi connectivity index (χ1v) is 10.6. The molecular formula is C22H26N6O2. The summed E-state index contributed by atoms with van der Waals surface area (Å²) >= 11 is 0. The van der Waals surface area contributed by atoms with Gasteiger partial charge >= 0.3 is 0 Å². The van der Waals surface area contributed by atoms with Gasteiger partial charge in [0.05, 0.1) is 35.7 Å². The molecule has 1 amide bonds. The van der Waals surface area contributed by atoms with Gasteiger partial charge in [-0.2, -0.15) is 0 Å². The number of aryl methyl sites for hydroxylation is 1. The van der Waals surface area contributed by atoms with Gasteiger partial charge in [-0.15, -0.1) is 0 Å². The maximum atomic E-state index is 12.9. The summed E-state index contributed by atoms with van der Waals surface area (Å²) < 4.78 is 2.04. The maximum absolute atomic E-state index is 12.9. The van der Waals surface area contributed by atoms with Crippen molar-refractivity contribution in [1.82, 2.24) is 24.4 Å². The van der Waals surface area contributed by atoms with Gasteiger partial charge in [0.1, 0.15) is 5.82 Å². The number of hydrogen-bond acceptors (Lipinski definition) is 6. The van der Waals surface area contributed by atoms with Crippen LogP contribution in [0.2, 0.25) is 0 Å². The number of imidazole rings is 1. The number of rotatable bonds is 5. The van der Waals surface area contributed by atoms with Crippen molar-refractivity contribution < 1.29 is 9.90 Å². The van der Waals surface area contributed by atoms with Crippen LogP contribution in [0.15, 0.2) is 49.2 Å². The number of fused-ring (bicyclic) bond motifs is 2. The zero-order valence-corrected chi connectivity index (χ0v) is 16.8. The molecule has 5 rings (SSSR count). The van der Waals surface area contributed by atoms with Gasteiger partial charge in [-0.05, 0) is 36.8 Å². The molecule has 8 heteroatoms. The molecule has 1 aromatic carbocycles. The van der Waals surface area contributed by atoms with Crippen LogP contribution in [0.5, 0.6) is 0 Å². The Morgan fingerprint density at radius 3 is 2.80 bits per heavy atom. The van der Waals surface area contributed by atoms with Crippen LogP contribution in [0.4, 0.5) is 5.82 Å². The second-order valence-electron chi connectivity index (χ2n) is 8.38. The number of likely N-dealkylation sites (tertiary alicyclic amines) is 1. The third kappa shape index (κ3) is 3.75. The Hall–Kier alpha value is -3.00. The molecule has 0 spiro atoms. The van der Waals surface area contributed by atoms with Gasteiger partial charge in [-0.1, -0.05) is 12.1 Å². The molecule has 0 radical (unpaired) electrons. The molecule has 30 heavy (non-hydrogen) atoms. The van der Waals surface area contributed by atoms with E-state index in [0.29, 0.717) is 37.0 Å². The molecular weight excluding hydrogens is 380 g/mol. The Morgan fingerprint density at radius 2 is 1.97 bits per heavy atom. The molecule has 0 bridgehead atoms. The van der Waals surface area contributed by atoms with Gasteiger partial charge in [0.25, 0.3) is 0 Å². The van der Waals surface area contributed by atoms with E-state index in [1.54, 1.807) is 24.9 Å². The first kappa shape index (κ1) is 19.0. The highest BCUT2D eigenvalue weighted by atomic mass is 16.3. The fourth-order valence-corrected chi connectivity index (χ4v) is 4.92. The maximum Gasteiger partial charge on any atom is 0.224 e. The van der Waals surface area contributed by atoms with Gasteiger partial charge in [0, 0.05) is 38.4 Å². The highest BCUT2D eigenvalue weighted by Gasteiger charge is 2.42. The van der Waals surface area contributed by atoms with E-state index in [-0.39, 0.29) is 11.9 Å². The van der Waals surface area contributed by atoms with Crippen LogP contribution >= 0.6 is 0 Å². The second kappa shape index (κ2) is 8.02. The van der Waals surface area contributed by atoms with E-state index in [0.717, 1.165) is 30.5 Å². The normalized spacial score (nSPS) is 26.0. The number of carbonyl (C=O) groups excluding carboxylic acids is 1. The summed E-state index contributed by atoms with van der Waals surface area (Å²) in [7, 11) is 0. The van der Waals surface area contributed by atoms with Crippen molar-refractivity contribution in [3.8, 4) is 0 Å². The summed E-state index contributed by atoms with van der Waals surface area (Å²) in [5.41, 5.74) is 2.01. The molecule has 1 saturated carbocycles. The largest absolute Gasteiger partial charge is 0.391 e. The van der Waals surface area contributed by atoms with Crippen molar-refractivity contribution in [3.05, 3.63) is 49.2 Å². The Bertz CT molecular complexity index is 1020. The number of carbonyl (C=O) groups is 1. The van der Waals surface area contributed by atoms with Crippen molar-refractivity contribution in [3.63, 3.8) is 0 Å². The summed E-state index contributed by atoms with van der Waals surface area (Å²) in [6.45, 7) is 2.13. The van der Waals surface area contributed by atoms with Gasteiger partial charge in [0.2, 0.25) is 5.91 Å². The number of aromatic nitrogens is 4. The van der Waals surface area contributed by atoms with Gasteiger partial charge in [0.15, 0.2) is 0 Å². The van der Waals surface area contributed by atoms with Crippen LogP contribution in [0.1, 0.15) is 19.3 Å². The van der Waals surface area contributed by atoms with Gasteiger partial charge in [-0.3, -0.25) is 9.78 Å². The monoisotopic (exact) mass is 406 g/mol. The smallest absolute Gasteiger partial charge is 0.224 e. The highest BCUT2D eigenvalue weighted by molar-refractivity contribution is 5.78. The van der Waals surface area contributed by atoms with Crippen molar-refractivity contribution in [2.24, 2.45) is 11.8 Å². The number of anilines is 1. The summed E-state index contributed by atoms with van der Waals surface area (Å²) in [4.78, 5) is 27.6. The average molecular weight is 406 g/mol. The number of aliphatic hydroxyl groups is 1. The Labute approximate surface area is 175 Å². The van der Waals surface area contributed by atoms with E-state index < -0.39 is 6.10 Å². The molecule has 2 fully saturated rings. The molecule has 1 aliphatic carbocycles. The first-order valence-electron chi connectivity index (χ1n) is 10.6. The quantitative estimate of drug-likeness (QED) is 0.672. The van der Waals surface area contributed by atoms with E-state index in [2.05, 4.69) is 20.3 Å². The summed E-state index contributed by atoms with van der Waals surface area (Å²) in [5.74, 6) is 1.62. The molecule has 3 aromatic rings. The number of nitrogens with one attached hydrogen (secondary N) is 1. The van der Waals surface area contributed by atoms with Gasteiger partial charge < -0.3 is 19.9 Å². The molecule has 0 unspecified atom stereocenters. The highest BCUT2D eigenvalue weighted by Crippen LogP contribution is 2.37. The number of hydrogen-bond donors (Lipinski definition) is 2. The zero-order chi connectivity index (χ0) is 20.5.